The molecule has 0 saturated carbocycles. The number of nitrogens with one attached hydrogen (secondary N) is 2. The van der Waals surface area contributed by atoms with Crippen molar-refractivity contribution in [1.29, 1.82) is 0 Å². The third kappa shape index (κ3) is 2.16. The number of imide groups is 1. The summed E-state index contributed by atoms with van der Waals surface area (Å²) in [4.78, 5) is 37.6. The van der Waals surface area contributed by atoms with Crippen molar-refractivity contribution in [2.75, 3.05) is 11.9 Å². The van der Waals surface area contributed by atoms with Crippen LogP contribution in [0.4, 0.5) is 5.69 Å². The molecular weight excluding hydrogens is 270 g/mol. The van der Waals surface area contributed by atoms with Gasteiger partial charge in [0.15, 0.2) is 0 Å². The van der Waals surface area contributed by atoms with Gasteiger partial charge in [0.2, 0.25) is 11.8 Å². The van der Waals surface area contributed by atoms with E-state index in [1.54, 1.807) is 13.8 Å². The molecule has 2 aliphatic heterocycles. The fourth-order valence-corrected chi connectivity index (χ4v) is 2.77. The largest absolute Gasteiger partial charge is 0.373 e. The molecule has 1 aromatic rings. The minimum absolute atomic E-state index is 0.0912. The summed E-state index contributed by atoms with van der Waals surface area (Å²) in [7, 11) is 0. The van der Waals surface area contributed by atoms with Crippen LogP contribution in [-0.4, -0.2) is 40.7 Å². The second-order valence-electron chi connectivity index (χ2n) is 5.92. The summed E-state index contributed by atoms with van der Waals surface area (Å²) in [5.41, 5.74) is 0.976. The van der Waals surface area contributed by atoms with Gasteiger partial charge in [0.05, 0.1) is 0 Å². The molecule has 1 fully saturated rings. The Kier molecular flexibility index (Phi) is 2.97. The van der Waals surface area contributed by atoms with E-state index in [9.17, 15) is 14.4 Å². The molecule has 1 aromatic carbocycles. The van der Waals surface area contributed by atoms with Gasteiger partial charge >= 0.3 is 0 Å². The lowest BCUT2D eigenvalue weighted by Gasteiger charge is -2.41. The van der Waals surface area contributed by atoms with Gasteiger partial charge in [0.25, 0.3) is 5.91 Å². The normalized spacial score (nSPS) is 23.3. The van der Waals surface area contributed by atoms with Gasteiger partial charge in [0.1, 0.15) is 18.1 Å². The van der Waals surface area contributed by atoms with Gasteiger partial charge < -0.3 is 10.2 Å². The average Bonchev–Trinajstić information content (AvgIpc) is 2.86. The SMILES string of the molecule is CC1(C)C(=O)NC(=O)CN1C(=O)[C@@H]1Cc2ccccc2N1. The van der Waals surface area contributed by atoms with Crippen LogP contribution in [0, 0.1) is 0 Å². The molecule has 0 aliphatic carbocycles. The zero-order valence-electron chi connectivity index (χ0n) is 12.0. The first-order valence-electron chi connectivity index (χ1n) is 6.90. The summed E-state index contributed by atoms with van der Waals surface area (Å²) in [6.07, 6.45) is 0.567. The summed E-state index contributed by atoms with van der Waals surface area (Å²) < 4.78 is 0. The lowest BCUT2D eigenvalue weighted by atomic mass is 9.97. The van der Waals surface area contributed by atoms with Crippen LogP contribution in [0.25, 0.3) is 0 Å². The molecule has 2 N–H and O–H groups in total. The van der Waals surface area contributed by atoms with E-state index in [1.807, 2.05) is 24.3 Å². The van der Waals surface area contributed by atoms with Crippen molar-refractivity contribution in [2.24, 2.45) is 0 Å². The van der Waals surface area contributed by atoms with Crippen molar-refractivity contribution in [1.82, 2.24) is 10.2 Å². The summed E-state index contributed by atoms with van der Waals surface area (Å²) in [5, 5.41) is 5.43. The highest BCUT2D eigenvalue weighted by Crippen LogP contribution is 2.28. The molecule has 110 valence electrons. The molecule has 2 heterocycles. The van der Waals surface area contributed by atoms with Crippen molar-refractivity contribution >= 4 is 23.4 Å². The molecule has 0 radical (unpaired) electrons. The van der Waals surface area contributed by atoms with Crippen LogP contribution in [0.15, 0.2) is 24.3 Å². The predicted molar refractivity (Wildman–Crippen MR) is 76.5 cm³/mol. The highest BCUT2D eigenvalue weighted by molar-refractivity contribution is 6.07. The number of benzene rings is 1. The first-order valence-corrected chi connectivity index (χ1v) is 6.90. The molecule has 3 rings (SSSR count). The standard InChI is InChI=1S/C15H17N3O3/c1-15(2)14(21)17-12(19)8-18(15)13(20)11-7-9-5-3-4-6-10(9)16-11/h3-6,11,16H,7-8H2,1-2H3,(H,17,19,21)/t11-/m0/s1. The van der Waals surface area contributed by atoms with E-state index in [1.165, 1.54) is 4.90 Å². The Morgan fingerprint density at radius 2 is 2.00 bits per heavy atom. The van der Waals surface area contributed by atoms with E-state index >= 15 is 0 Å². The number of fused-ring (bicyclic) bond motifs is 1. The van der Waals surface area contributed by atoms with Crippen LogP contribution in [0.2, 0.25) is 0 Å². The van der Waals surface area contributed by atoms with Gasteiger partial charge in [-0.25, -0.2) is 0 Å². The number of piperazine rings is 1. The molecule has 0 spiro atoms. The maximum Gasteiger partial charge on any atom is 0.252 e. The van der Waals surface area contributed by atoms with Crippen LogP contribution in [-0.2, 0) is 20.8 Å². The third-order valence-electron chi connectivity index (χ3n) is 4.12. The lowest BCUT2D eigenvalue weighted by molar-refractivity contribution is -0.155. The molecule has 1 atom stereocenters. The minimum Gasteiger partial charge on any atom is -0.373 e. The Morgan fingerprint density at radius 1 is 1.29 bits per heavy atom. The molecule has 0 bridgehead atoms. The van der Waals surface area contributed by atoms with Crippen LogP contribution in [0.5, 0.6) is 0 Å². The number of anilines is 1. The molecular formula is C15H17N3O3. The molecule has 6 heteroatoms. The monoisotopic (exact) mass is 287 g/mol. The smallest absolute Gasteiger partial charge is 0.252 e. The summed E-state index contributed by atoms with van der Waals surface area (Å²) in [5.74, 6) is -1.11. The topological polar surface area (TPSA) is 78.5 Å². The lowest BCUT2D eigenvalue weighted by Crippen LogP contribution is -2.67. The molecule has 6 nitrogen and oxygen atoms in total. The Morgan fingerprint density at radius 3 is 2.71 bits per heavy atom. The van der Waals surface area contributed by atoms with E-state index in [0.29, 0.717) is 6.42 Å². The zero-order valence-corrected chi connectivity index (χ0v) is 12.0. The maximum atomic E-state index is 12.7. The Balaban J connectivity index is 1.83. The predicted octanol–water partition coefficient (Wildman–Crippen LogP) is 0.287. The van der Waals surface area contributed by atoms with Gasteiger partial charge in [-0.2, -0.15) is 0 Å². The van der Waals surface area contributed by atoms with Gasteiger partial charge in [-0.3, -0.25) is 19.7 Å². The van der Waals surface area contributed by atoms with Crippen LogP contribution in [0.1, 0.15) is 19.4 Å². The summed E-state index contributed by atoms with van der Waals surface area (Å²) in [6.45, 7) is 3.20. The van der Waals surface area contributed by atoms with E-state index in [4.69, 9.17) is 0 Å². The van der Waals surface area contributed by atoms with E-state index in [-0.39, 0.29) is 12.5 Å². The number of rotatable bonds is 1. The number of para-hydroxylation sites is 1. The van der Waals surface area contributed by atoms with E-state index in [2.05, 4.69) is 10.6 Å². The van der Waals surface area contributed by atoms with Crippen molar-refractivity contribution < 1.29 is 14.4 Å². The van der Waals surface area contributed by atoms with Crippen molar-refractivity contribution in [3.05, 3.63) is 29.8 Å². The molecule has 0 aromatic heterocycles. The number of amides is 3. The Hall–Kier alpha value is -2.37. The van der Waals surface area contributed by atoms with Gasteiger partial charge in [-0.1, -0.05) is 18.2 Å². The Bertz CT molecular complexity index is 614. The second kappa shape index (κ2) is 4.58. The van der Waals surface area contributed by atoms with E-state index < -0.39 is 23.4 Å². The van der Waals surface area contributed by atoms with Crippen molar-refractivity contribution in [3.8, 4) is 0 Å². The summed E-state index contributed by atoms with van der Waals surface area (Å²) >= 11 is 0. The average molecular weight is 287 g/mol. The third-order valence-corrected chi connectivity index (χ3v) is 4.12. The number of carbonyl (C=O) groups excluding carboxylic acids is 3. The van der Waals surface area contributed by atoms with Crippen molar-refractivity contribution in [2.45, 2.75) is 31.8 Å². The molecule has 0 unspecified atom stereocenters. The van der Waals surface area contributed by atoms with Gasteiger partial charge in [-0.15, -0.1) is 0 Å². The fraction of sp³-hybridized carbons (Fsp3) is 0.400. The molecule has 2 aliphatic rings. The van der Waals surface area contributed by atoms with Crippen LogP contribution in [0.3, 0.4) is 0 Å². The van der Waals surface area contributed by atoms with Gasteiger partial charge in [-0.05, 0) is 25.5 Å². The quantitative estimate of drug-likeness (QED) is 0.728. The van der Waals surface area contributed by atoms with Crippen molar-refractivity contribution in [3.63, 3.8) is 0 Å². The number of carbonyl (C=O) groups is 3. The number of hydrogen-bond acceptors (Lipinski definition) is 4. The highest BCUT2D eigenvalue weighted by atomic mass is 16.2. The van der Waals surface area contributed by atoms with E-state index in [0.717, 1.165) is 11.3 Å². The zero-order chi connectivity index (χ0) is 15.2. The molecule has 3 amide bonds. The maximum absolute atomic E-state index is 12.7. The molecule has 1 saturated heterocycles. The minimum atomic E-state index is -1.03. The van der Waals surface area contributed by atoms with Gasteiger partial charge in [0, 0.05) is 12.1 Å². The first kappa shape index (κ1) is 13.6. The van der Waals surface area contributed by atoms with Crippen LogP contribution >= 0.6 is 0 Å². The second-order valence-corrected chi connectivity index (χ2v) is 5.92. The number of hydrogen-bond donors (Lipinski definition) is 2. The highest BCUT2D eigenvalue weighted by Gasteiger charge is 2.45. The first-order chi connectivity index (χ1) is 9.89. The molecule has 21 heavy (non-hydrogen) atoms. The Labute approximate surface area is 122 Å². The van der Waals surface area contributed by atoms with Crippen LogP contribution < -0.4 is 10.6 Å². The number of nitrogens with zero attached hydrogens (tertiary/aromatic N) is 1. The fourth-order valence-electron chi connectivity index (χ4n) is 2.77. The summed E-state index contributed by atoms with van der Waals surface area (Å²) in [6, 6.07) is 7.28.